The van der Waals surface area contributed by atoms with Gasteiger partial charge in [0, 0.05) is 25.0 Å². The highest BCUT2D eigenvalue weighted by molar-refractivity contribution is 6.33. The van der Waals surface area contributed by atoms with E-state index in [-0.39, 0.29) is 17.7 Å². The quantitative estimate of drug-likeness (QED) is 0.890. The highest BCUT2D eigenvalue weighted by Crippen LogP contribution is 2.22. The van der Waals surface area contributed by atoms with Gasteiger partial charge in [0.1, 0.15) is 0 Å². The number of likely N-dealkylation sites (tertiary alicyclic amines) is 1. The van der Waals surface area contributed by atoms with Crippen molar-refractivity contribution in [1.29, 1.82) is 0 Å². The van der Waals surface area contributed by atoms with E-state index in [4.69, 9.17) is 17.3 Å². The van der Waals surface area contributed by atoms with Crippen molar-refractivity contribution in [1.82, 2.24) is 9.88 Å². The third-order valence-corrected chi connectivity index (χ3v) is 3.64. The van der Waals surface area contributed by atoms with E-state index in [0.717, 1.165) is 18.5 Å². The summed E-state index contributed by atoms with van der Waals surface area (Å²) in [6, 6.07) is 1.66. The van der Waals surface area contributed by atoms with Crippen LogP contribution >= 0.6 is 11.6 Å². The molecule has 0 aromatic carbocycles. The van der Waals surface area contributed by atoms with Crippen LogP contribution in [-0.4, -0.2) is 34.8 Å². The van der Waals surface area contributed by atoms with Gasteiger partial charge in [-0.25, -0.2) is 0 Å². The summed E-state index contributed by atoms with van der Waals surface area (Å²) < 4.78 is 0. The van der Waals surface area contributed by atoms with E-state index >= 15 is 0 Å². The van der Waals surface area contributed by atoms with Crippen LogP contribution in [0.25, 0.3) is 0 Å². The van der Waals surface area contributed by atoms with Gasteiger partial charge in [0.05, 0.1) is 16.5 Å². The lowest BCUT2D eigenvalue weighted by molar-refractivity contribution is -0.123. The maximum Gasteiger partial charge on any atom is 0.256 e. The fourth-order valence-electron chi connectivity index (χ4n) is 2.25. The zero-order chi connectivity index (χ0) is 14.0. The maximum atomic E-state index is 12.3. The van der Waals surface area contributed by atoms with Gasteiger partial charge >= 0.3 is 0 Å². The van der Waals surface area contributed by atoms with Crippen LogP contribution in [-0.2, 0) is 4.79 Å². The Kier molecular flexibility index (Phi) is 4.04. The lowest BCUT2D eigenvalue weighted by Gasteiger charge is -2.31. The fourth-order valence-corrected chi connectivity index (χ4v) is 2.54. The van der Waals surface area contributed by atoms with Gasteiger partial charge in [0.25, 0.3) is 5.91 Å². The van der Waals surface area contributed by atoms with Gasteiger partial charge in [0.15, 0.2) is 0 Å². The van der Waals surface area contributed by atoms with E-state index in [1.807, 2.05) is 6.92 Å². The summed E-state index contributed by atoms with van der Waals surface area (Å²) in [6.45, 7) is 2.79. The van der Waals surface area contributed by atoms with Crippen molar-refractivity contribution in [3.05, 3.63) is 28.5 Å². The van der Waals surface area contributed by atoms with E-state index in [2.05, 4.69) is 4.98 Å². The molecule has 1 aliphatic heterocycles. The molecule has 1 fully saturated rings. The number of hydrogen-bond acceptors (Lipinski definition) is 3. The smallest absolute Gasteiger partial charge is 0.256 e. The average Bonchev–Trinajstić information content (AvgIpc) is 2.38. The van der Waals surface area contributed by atoms with Crippen molar-refractivity contribution in [2.24, 2.45) is 11.7 Å². The fraction of sp³-hybridized carbons (Fsp3) is 0.462. The Morgan fingerprint density at radius 1 is 1.53 bits per heavy atom. The zero-order valence-electron chi connectivity index (χ0n) is 10.7. The largest absolute Gasteiger partial charge is 0.369 e. The van der Waals surface area contributed by atoms with Crippen molar-refractivity contribution >= 4 is 23.4 Å². The van der Waals surface area contributed by atoms with Gasteiger partial charge in [-0.05, 0) is 25.8 Å². The van der Waals surface area contributed by atoms with Gasteiger partial charge in [-0.3, -0.25) is 14.6 Å². The van der Waals surface area contributed by atoms with E-state index in [1.54, 1.807) is 11.0 Å². The Bertz CT molecular complexity index is 519. The van der Waals surface area contributed by atoms with Gasteiger partial charge in [-0.1, -0.05) is 11.6 Å². The predicted octanol–water partition coefficient (Wildman–Crippen LogP) is 1.38. The highest BCUT2D eigenvalue weighted by atomic mass is 35.5. The van der Waals surface area contributed by atoms with Gasteiger partial charge < -0.3 is 10.6 Å². The summed E-state index contributed by atoms with van der Waals surface area (Å²) in [4.78, 5) is 29.3. The van der Waals surface area contributed by atoms with Crippen molar-refractivity contribution < 1.29 is 9.59 Å². The molecule has 1 atom stereocenters. The molecule has 0 saturated carbocycles. The minimum atomic E-state index is -0.356. The Labute approximate surface area is 116 Å². The van der Waals surface area contributed by atoms with E-state index in [1.165, 1.54) is 6.20 Å². The molecule has 19 heavy (non-hydrogen) atoms. The van der Waals surface area contributed by atoms with Crippen LogP contribution in [0.2, 0.25) is 5.02 Å². The minimum absolute atomic E-state index is 0.191. The molecular formula is C13H16ClN3O2. The number of piperidine rings is 1. The van der Waals surface area contributed by atoms with Crippen molar-refractivity contribution in [2.75, 3.05) is 13.1 Å². The number of amides is 2. The van der Waals surface area contributed by atoms with Crippen LogP contribution in [0, 0.1) is 12.8 Å². The standard InChI is InChI=1S/C13H16ClN3O2/c1-8-5-11(14)10(6-16-8)13(19)17-4-2-3-9(7-17)12(15)18/h5-6,9H,2-4,7H2,1H3,(H2,15,18). The summed E-state index contributed by atoms with van der Waals surface area (Å²) in [5.74, 6) is -0.816. The molecule has 2 amide bonds. The van der Waals surface area contributed by atoms with Gasteiger partial charge in [-0.15, -0.1) is 0 Å². The number of hydrogen-bond donors (Lipinski definition) is 1. The first-order valence-corrected chi connectivity index (χ1v) is 6.57. The highest BCUT2D eigenvalue weighted by Gasteiger charge is 2.28. The zero-order valence-corrected chi connectivity index (χ0v) is 11.5. The topological polar surface area (TPSA) is 76.3 Å². The number of pyridine rings is 1. The number of halogens is 1. The molecule has 0 radical (unpaired) electrons. The molecule has 1 aliphatic rings. The molecule has 1 aromatic heterocycles. The molecule has 0 bridgehead atoms. The summed E-state index contributed by atoms with van der Waals surface area (Å²) >= 11 is 6.06. The van der Waals surface area contributed by atoms with Crippen LogP contribution in [0.3, 0.4) is 0 Å². The Morgan fingerprint density at radius 2 is 2.26 bits per heavy atom. The molecule has 2 rings (SSSR count). The molecule has 1 saturated heterocycles. The number of carbonyl (C=O) groups is 2. The second-order valence-electron chi connectivity index (χ2n) is 4.80. The second-order valence-corrected chi connectivity index (χ2v) is 5.21. The molecule has 0 aliphatic carbocycles. The van der Waals surface area contributed by atoms with Gasteiger partial charge in [0.2, 0.25) is 5.91 Å². The molecule has 2 N–H and O–H groups in total. The molecule has 6 heteroatoms. The molecular weight excluding hydrogens is 266 g/mol. The Hall–Kier alpha value is -1.62. The number of aromatic nitrogens is 1. The third kappa shape index (κ3) is 3.04. The Morgan fingerprint density at radius 3 is 2.89 bits per heavy atom. The predicted molar refractivity (Wildman–Crippen MR) is 71.8 cm³/mol. The first kappa shape index (κ1) is 13.8. The monoisotopic (exact) mass is 281 g/mol. The SMILES string of the molecule is Cc1cc(Cl)c(C(=O)N2CCCC(C(N)=O)C2)cn1. The average molecular weight is 282 g/mol. The summed E-state index contributed by atoms with van der Waals surface area (Å²) in [5, 5.41) is 0.388. The number of carbonyl (C=O) groups excluding carboxylic acids is 2. The number of aryl methyl sites for hydroxylation is 1. The number of rotatable bonds is 2. The van der Waals surface area contributed by atoms with Gasteiger partial charge in [-0.2, -0.15) is 0 Å². The van der Waals surface area contributed by atoms with Crippen LogP contribution in [0.5, 0.6) is 0 Å². The Balaban J connectivity index is 2.17. The minimum Gasteiger partial charge on any atom is -0.369 e. The normalized spacial score (nSPS) is 19.3. The third-order valence-electron chi connectivity index (χ3n) is 3.33. The maximum absolute atomic E-state index is 12.3. The number of nitrogens with two attached hydrogens (primary N) is 1. The lowest BCUT2D eigenvalue weighted by atomic mass is 9.97. The molecule has 0 spiro atoms. The van der Waals surface area contributed by atoms with Crippen LogP contribution in [0.15, 0.2) is 12.3 Å². The lowest BCUT2D eigenvalue weighted by Crippen LogP contribution is -2.44. The summed E-state index contributed by atoms with van der Waals surface area (Å²) in [6.07, 6.45) is 2.99. The molecule has 1 unspecified atom stereocenters. The number of primary amides is 1. The first-order valence-electron chi connectivity index (χ1n) is 6.19. The van der Waals surface area contributed by atoms with Crippen LogP contribution in [0.4, 0.5) is 0 Å². The molecule has 1 aromatic rings. The molecule has 102 valence electrons. The van der Waals surface area contributed by atoms with E-state index < -0.39 is 0 Å². The van der Waals surface area contributed by atoms with Crippen molar-refractivity contribution in [2.45, 2.75) is 19.8 Å². The van der Waals surface area contributed by atoms with Crippen LogP contribution < -0.4 is 5.73 Å². The second kappa shape index (κ2) is 5.57. The molecule has 5 nitrogen and oxygen atoms in total. The van der Waals surface area contributed by atoms with Crippen molar-refractivity contribution in [3.8, 4) is 0 Å². The van der Waals surface area contributed by atoms with Crippen LogP contribution in [0.1, 0.15) is 28.9 Å². The van der Waals surface area contributed by atoms with E-state index in [9.17, 15) is 9.59 Å². The first-order chi connectivity index (χ1) is 8.99. The number of nitrogens with zero attached hydrogens (tertiary/aromatic N) is 2. The summed E-state index contributed by atoms with van der Waals surface area (Å²) in [5.41, 5.74) is 6.43. The summed E-state index contributed by atoms with van der Waals surface area (Å²) in [7, 11) is 0. The van der Waals surface area contributed by atoms with Crippen molar-refractivity contribution in [3.63, 3.8) is 0 Å². The molecule has 2 heterocycles. The van der Waals surface area contributed by atoms with E-state index in [0.29, 0.717) is 23.7 Å².